The summed E-state index contributed by atoms with van der Waals surface area (Å²) in [6.45, 7) is 6.71. The van der Waals surface area contributed by atoms with E-state index in [0.29, 0.717) is 11.5 Å². The number of pyridine rings is 1. The van der Waals surface area contributed by atoms with E-state index in [9.17, 15) is 8.42 Å². The Morgan fingerprint density at radius 3 is 2.68 bits per heavy atom. The fourth-order valence-electron chi connectivity index (χ4n) is 2.76. The van der Waals surface area contributed by atoms with Gasteiger partial charge in [0.15, 0.2) is 0 Å². The predicted molar refractivity (Wildman–Crippen MR) is 105 cm³/mol. The lowest BCUT2D eigenvalue weighted by Gasteiger charge is -2.26. The molecular weight excluding hydrogens is 380 g/mol. The molecule has 1 atom stereocenters. The second-order valence-corrected chi connectivity index (χ2v) is 9.42. The van der Waals surface area contributed by atoms with Gasteiger partial charge in [0.05, 0.1) is 24.9 Å². The number of hydrogen-bond donors (Lipinski definition) is 0. The van der Waals surface area contributed by atoms with Crippen LogP contribution in [-0.4, -0.2) is 55.7 Å². The number of fused-ring (bicyclic) bond motifs is 1. The van der Waals surface area contributed by atoms with E-state index < -0.39 is 16.1 Å². The van der Waals surface area contributed by atoms with Crippen LogP contribution >= 0.6 is 0 Å². The molecular formula is C20H26N2O5S. The van der Waals surface area contributed by atoms with Crippen molar-refractivity contribution in [2.45, 2.75) is 37.4 Å². The van der Waals surface area contributed by atoms with Gasteiger partial charge in [-0.1, -0.05) is 18.2 Å². The summed E-state index contributed by atoms with van der Waals surface area (Å²) < 4.78 is 45.1. The van der Waals surface area contributed by atoms with Crippen molar-refractivity contribution in [3.8, 4) is 11.5 Å². The first-order valence-electron chi connectivity index (χ1n) is 9.18. The van der Waals surface area contributed by atoms with Crippen LogP contribution in [0.4, 0.5) is 0 Å². The summed E-state index contributed by atoms with van der Waals surface area (Å²) in [5.41, 5.74) is -0.350. The van der Waals surface area contributed by atoms with Gasteiger partial charge in [0.1, 0.15) is 29.1 Å². The van der Waals surface area contributed by atoms with Crippen LogP contribution in [0.2, 0.25) is 0 Å². The summed E-state index contributed by atoms with van der Waals surface area (Å²) in [5, 5.41) is 0. The first-order chi connectivity index (χ1) is 13.3. The highest BCUT2D eigenvalue weighted by Crippen LogP contribution is 2.30. The maximum absolute atomic E-state index is 13.1. The molecule has 0 N–H and O–H groups in total. The Labute approximate surface area is 166 Å². The largest absolute Gasteiger partial charge is 0.492 e. The molecule has 0 fully saturated rings. The summed E-state index contributed by atoms with van der Waals surface area (Å²) in [5.74, 6) is 0.990. The zero-order valence-electron chi connectivity index (χ0n) is 16.4. The van der Waals surface area contributed by atoms with Gasteiger partial charge < -0.3 is 14.2 Å². The van der Waals surface area contributed by atoms with Crippen molar-refractivity contribution in [1.82, 2.24) is 9.29 Å². The van der Waals surface area contributed by atoms with Crippen molar-refractivity contribution >= 4 is 10.0 Å². The summed E-state index contributed by atoms with van der Waals surface area (Å²) in [4.78, 5) is 4.02. The second kappa shape index (κ2) is 8.46. The summed E-state index contributed by atoms with van der Waals surface area (Å²) in [7, 11) is -3.75. The molecule has 152 valence electrons. The highest BCUT2D eigenvalue weighted by atomic mass is 32.2. The van der Waals surface area contributed by atoms with Crippen molar-refractivity contribution < 1.29 is 22.6 Å². The molecule has 3 rings (SSSR count). The minimum absolute atomic E-state index is 0.0629. The molecule has 1 aliphatic heterocycles. The van der Waals surface area contributed by atoms with Crippen LogP contribution in [0.25, 0.3) is 0 Å². The van der Waals surface area contributed by atoms with Crippen molar-refractivity contribution in [2.24, 2.45) is 0 Å². The first-order valence-corrected chi connectivity index (χ1v) is 10.6. The van der Waals surface area contributed by atoms with E-state index in [1.54, 1.807) is 6.07 Å². The third-order valence-corrected chi connectivity index (χ3v) is 5.99. The van der Waals surface area contributed by atoms with Crippen LogP contribution in [0.3, 0.4) is 0 Å². The van der Waals surface area contributed by atoms with Gasteiger partial charge in [-0.15, -0.1) is 0 Å². The Kier molecular flexibility index (Phi) is 6.22. The molecule has 0 saturated carbocycles. The van der Waals surface area contributed by atoms with E-state index >= 15 is 0 Å². The van der Waals surface area contributed by atoms with Crippen molar-refractivity contribution in [3.63, 3.8) is 0 Å². The van der Waals surface area contributed by atoms with Crippen LogP contribution in [0, 0.1) is 0 Å². The molecule has 2 heterocycles. The molecule has 7 nitrogen and oxygen atoms in total. The van der Waals surface area contributed by atoms with Gasteiger partial charge in [-0.2, -0.15) is 4.31 Å². The summed E-state index contributed by atoms with van der Waals surface area (Å²) in [6, 6.07) is 10.9. The molecule has 28 heavy (non-hydrogen) atoms. The van der Waals surface area contributed by atoms with Crippen molar-refractivity contribution in [1.29, 1.82) is 0 Å². The molecule has 0 saturated heterocycles. The average Bonchev–Trinajstić information content (AvgIpc) is 2.75. The van der Waals surface area contributed by atoms with E-state index in [1.165, 1.54) is 16.7 Å². The topological polar surface area (TPSA) is 78.0 Å². The Hall–Kier alpha value is -2.16. The molecule has 1 aliphatic rings. The lowest BCUT2D eigenvalue weighted by molar-refractivity contribution is -0.0445. The van der Waals surface area contributed by atoms with Crippen LogP contribution < -0.4 is 9.47 Å². The van der Waals surface area contributed by atoms with Crippen LogP contribution in [0.5, 0.6) is 11.5 Å². The monoisotopic (exact) mass is 406 g/mol. The number of hydrogen-bond acceptors (Lipinski definition) is 6. The zero-order chi connectivity index (χ0) is 20.2. The lowest BCUT2D eigenvalue weighted by Crippen LogP contribution is -2.42. The molecule has 1 aromatic carbocycles. The maximum atomic E-state index is 13.1. The Morgan fingerprint density at radius 1 is 1.21 bits per heavy atom. The quantitative estimate of drug-likeness (QED) is 0.734. The van der Waals surface area contributed by atoms with Gasteiger partial charge in [-0.05, 0) is 39.0 Å². The molecule has 0 radical (unpaired) electrons. The highest BCUT2D eigenvalue weighted by Gasteiger charge is 2.35. The van der Waals surface area contributed by atoms with Crippen molar-refractivity contribution in [3.05, 3.63) is 48.8 Å². The maximum Gasteiger partial charge on any atom is 0.248 e. The predicted octanol–water partition coefficient (Wildman–Crippen LogP) is 2.73. The molecule has 0 amide bonds. The number of sulfonamides is 1. The first kappa shape index (κ1) is 20.6. The third-order valence-electron chi connectivity index (χ3n) is 4.12. The van der Waals surface area contributed by atoms with E-state index in [4.69, 9.17) is 14.2 Å². The van der Waals surface area contributed by atoms with Crippen LogP contribution in [-0.2, 0) is 14.8 Å². The van der Waals surface area contributed by atoms with Gasteiger partial charge in [-0.3, -0.25) is 4.98 Å². The zero-order valence-corrected chi connectivity index (χ0v) is 17.2. The molecule has 8 heteroatoms. The van der Waals surface area contributed by atoms with Gasteiger partial charge in [-0.25, -0.2) is 8.42 Å². The van der Waals surface area contributed by atoms with E-state index in [2.05, 4.69) is 4.98 Å². The fraction of sp³-hybridized carbons (Fsp3) is 0.450. The average molecular weight is 407 g/mol. The summed E-state index contributed by atoms with van der Waals surface area (Å²) in [6.07, 6.45) is 2.40. The molecule has 2 aromatic rings. The Bertz CT molecular complexity index is 881. The molecule has 1 aromatic heterocycles. The van der Waals surface area contributed by atoms with Crippen molar-refractivity contribution in [2.75, 3.05) is 26.3 Å². The van der Waals surface area contributed by atoms with Gasteiger partial charge in [0.2, 0.25) is 10.0 Å². The van der Waals surface area contributed by atoms with Gasteiger partial charge in [0.25, 0.3) is 0 Å². The lowest BCUT2D eigenvalue weighted by atomic mass is 10.2. The molecule has 1 unspecified atom stereocenters. The van der Waals surface area contributed by atoms with Gasteiger partial charge >= 0.3 is 0 Å². The second-order valence-electron chi connectivity index (χ2n) is 7.51. The Morgan fingerprint density at radius 2 is 1.96 bits per heavy atom. The smallest absolute Gasteiger partial charge is 0.248 e. The highest BCUT2D eigenvalue weighted by molar-refractivity contribution is 7.89. The Balaban J connectivity index is 1.77. The minimum Gasteiger partial charge on any atom is -0.492 e. The number of para-hydroxylation sites is 1. The number of ether oxygens (including phenoxy) is 3. The number of rotatable bonds is 6. The van der Waals surface area contributed by atoms with E-state index in [1.807, 2.05) is 51.1 Å². The number of aromatic nitrogens is 1. The normalized spacial score (nSPS) is 19.3. The van der Waals surface area contributed by atoms with E-state index in [0.717, 1.165) is 0 Å². The fourth-order valence-corrected chi connectivity index (χ4v) is 4.28. The van der Waals surface area contributed by atoms with Gasteiger partial charge in [0, 0.05) is 12.7 Å². The minimum atomic E-state index is -3.75. The van der Waals surface area contributed by atoms with E-state index in [-0.39, 0.29) is 36.8 Å². The number of nitrogens with zero attached hydrogens (tertiary/aromatic N) is 2. The molecule has 0 bridgehead atoms. The molecule has 0 spiro atoms. The van der Waals surface area contributed by atoms with Crippen LogP contribution in [0.1, 0.15) is 20.8 Å². The van der Waals surface area contributed by atoms with Crippen LogP contribution in [0.15, 0.2) is 53.7 Å². The summed E-state index contributed by atoms with van der Waals surface area (Å²) >= 11 is 0. The molecule has 0 aliphatic carbocycles. The standard InChI is InChI=1S/C20H26N2O5S/c1-20(2,3)26-15-17-14-22(11-12-25-16-7-5-4-6-8-16)28(23,24)19-13-21-10-9-18(19)27-17/h4-10,13,17H,11-12,14-15H2,1-3H3. The SMILES string of the molecule is CC(C)(C)OCC1CN(CCOc2ccccc2)S(=O)(=O)c2cnccc2O1. The third kappa shape index (κ3) is 5.21. The number of benzene rings is 1.